The van der Waals surface area contributed by atoms with E-state index in [0.29, 0.717) is 5.41 Å². The Kier molecular flexibility index (Phi) is 3.13. The summed E-state index contributed by atoms with van der Waals surface area (Å²) in [5.41, 5.74) is 0.603. The second-order valence-electron chi connectivity index (χ2n) is 5.32. The Morgan fingerprint density at radius 2 is 2.21 bits per heavy atom. The molecule has 1 unspecified atom stereocenters. The number of nitrogens with zero attached hydrogens (tertiary/aromatic N) is 1. The lowest BCUT2D eigenvalue weighted by Crippen LogP contribution is -2.38. The normalized spacial score (nSPS) is 32.8. The van der Waals surface area contributed by atoms with Crippen molar-refractivity contribution in [1.29, 1.82) is 0 Å². The molecule has 1 saturated heterocycles. The first-order valence-electron chi connectivity index (χ1n) is 6.17. The maximum absolute atomic E-state index is 3.54. The molecule has 0 radical (unpaired) electrons. The molecule has 1 heterocycles. The van der Waals surface area contributed by atoms with Gasteiger partial charge in [0.05, 0.1) is 0 Å². The van der Waals surface area contributed by atoms with Crippen LogP contribution in [-0.4, -0.2) is 37.6 Å². The van der Waals surface area contributed by atoms with Crippen LogP contribution in [0.15, 0.2) is 0 Å². The van der Waals surface area contributed by atoms with Gasteiger partial charge in [-0.3, -0.25) is 0 Å². The first-order valence-corrected chi connectivity index (χ1v) is 6.17. The summed E-state index contributed by atoms with van der Waals surface area (Å²) in [5, 5.41) is 3.54. The van der Waals surface area contributed by atoms with Crippen LogP contribution in [0.5, 0.6) is 0 Å². The van der Waals surface area contributed by atoms with Gasteiger partial charge in [0, 0.05) is 19.1 Å². The van der Waals surface area contributed by atoms with E-state index in [1.54, 1.807) is 0 Å². The van der Waals surface area contributed by atoms with Crippen molar-refractivity contribution in [2.45, 2.75) is 45.1 Å². The first kappa shape index (κ1) is 10.4. The molecular weight excluding hydrogens is 172 g/mol. The fraction of sp³-hybridized carbons (Fsp3) is 1.00. The molecule has 14 heavy (non-hydrogen) atoms. The standard InChI is InChI=1S/C12H24N2/c1-3-6-12(7-8-13-9-12)10-14(2)11-4-5-11/h11,13H,3-10H2,1-2H3. The average Bonchev–Trinajstić information content (AvgIpc) is 2.91. The maximum Gasteiger partial charge on any atom is 0.00936 e. The van der Waals surface area contributed by atoms with Gasteiger partial charge >= 0.3 is 0 Å². The van der Waals surface area contributed by atoms with Crippen LogP contribution in [0.1, 0.15) is 39.0 Å². The molecule has 1 aliphatic heterocycles. The van der Waals surface area contributed by atoms with Crippen molar-refractivity contribution in [1.82, 2.24) is 10.2 Å². The quantitative estimate of drug-likeness (QED) is 0.722. The van der Waals surface area contributed by atoms with E-state index in [2.05, 4.69) is 24.2 Å². The Hall–Kier alpha value is -0.0800. The van der Waals surface area contributed by atoms with Gasteiger partial charge < -0.3 is 10.2 Å². The van der Waals surface area contributed by atoms with E-state index in [1.165, 1.54) is 51.7 Å². The van der Waals surface area contributed by atoms with Gasteiger partial charge in [-0.05, 0) is 44.7 Å². The molecule has 1 N–H and O–H groups in total. The summed E-state index contributed by atoms with van der Waals surface area (Å²) in [4.78, 5) is 2.60. The van der Waals surface area contributed by atoms with E-state index < -0.39 is 0 Å². The molecule has 0 amide bonds. The summed E-state index contributed by atoms with van der Waals surface area (Å²) in [6.45, 7) is 6.12. The minimum absolute atomic E-state index is 0.603. The average molecular weight is 196 g/mol. The van der Waals surface area contributed by atoms with Crippen molar-refractivity contribution < 1.29 is 0 Å². The van der Waals surface area contributed by atoms with Crippen LogP contribution in [-0.2, 0) is 0 Å². The largest absolute Gasteiger partial charge is 0.316 e. The van der Waals surface area contributed by atoms with E-state index in [4.69, 9.17) is 0 Å². The molecule has 0 aromatic heterocycles. The van der Waals surface area contributed by atoms with Crippen LogP contribution in [0.3, 0.4) is 0 Å². The second-order valence-corrected chi connectivity index (χ2v) is 5.32. The van der Waals surface area contributed by atoms with Gasteiger partial charge in [0.1, 0.15) is 0 Å². The monoisotopic (exact) mass is 196 g/mol. The van der Waals surface area contributed by atoms with Crippen molar-refractivity contribution in [2.24, 2.45) is 5.41 Å². The zero-order valence-electron chi connectivity index (χ0n) is 9.68. The SMILES string of the molecule is CCCC1(CN(C)C2CC2)CCNC1. The summed E-state index contributed by atoms with van der Waals surface area (Å²) in [6, 6.07) is 0.921. The van der Waals surface area contributed by atoms with Crippen LogP contribution in [0, 0.1) is 5.41 Å². The molecular formula is C12H24N2. The van der Waals surface area contributed by atoms with Crippen LogP contribution < -0.4 is 5.32 Å². The third-order valence-corrected chi connectivity index (χ3v) is 3.87. The molecule has 2 fully saturated rings. The molecule has 1 saturated carbocycles. The third-order valence-electron chi connectivity index (χ3n) is 3.87. The number of rotatable bonds is 5. The summed E-state index contributed by atoms with van der Waals surface area (Å²) in [7, 11) is 2.31. The van der Waals surface area contributed by atoms with Crippen LogP contribution in [0.25, 0.3) is 0 Å². The van der Waals surface area contributed by atoms with Crippen molar-refractivity contribution >= 4 is 0 Å². The van der Waals surface area contributed by atoms with E-state index in [-0.39, 0.29) is 0 Å². The lowest BCUT2D eigenvalue weighted by Gasteiger charge is -2.33. The highest BCUT2D eigenvalue weighted by atomic mass is 15.2. The number of nitrogens with one attached hydrogen (secondary N) is 1. The maximum atomic E-state index is 3.54. The molecule has 1 atom stereocenters. The fourth-order valence-electron chi connectivity index (χ4n) is 2.93. The van der Waals surface area contributed by atoms with Gasteiger partial charge in [-0.2, -0.15) is 0 Å². The molecule has 1 aliphatic carbocycles. The van der Waals surface area contributed by atoms with Crippen molar-refractivity contribution in [3.8, 4) is 0 Å². The minimum atomic E-state index is 0.603. The van der Waals surface area contributed by atoms with E-state index in [1.807, 2.05) is 0 Å². The molecule has 0 aromatic carbocycles. The van der Waals surface area contributed by atoms with Gasteiger partial charge in [-0.1, -0.05) is 13.3 Å². The summed E-state index contributed by atoms with van der Waals surface area (Å²) >= 11 is 0. The predicted octanol–water partition coefficient (Wildman–Crippen LogP) is 1.86. The smallest absolute Gasteiger partial charge is 0.00936 e. The summed E-state index contributed by atoms with van der Waals surface area (Å²) in [6.07, 6.45) is 6.99. The second kappa shape index (κ2) is 4.19. The lowest BCUT2D eigenvalue weighted by molar-refractivity contribution is 0.172. The zero-order chi connectivity index (χ0) is 10.0. The Balaban J connectivity index is 1.88. The van der Waals surface area contributed by atoms with Crippen LogP contribution in [0.2, 0.25) is 0 Å². The van der Waals surface area contributed by atoms with Gasteiger partial charge in [0.2, 0.25) is 0 Å². The number of hydrogen-bond acceptors (Lipinski definition) is 2. The Labute approximate surface area is 88.1 Å². The molecule has 2 nitrogen and oxygen atoms in total. The highest BCUT2D eigenvalue weighted by Gasteiger charge is 2.37. The van der Waals surface area contributed by atoms with E-state index >= 15 is 0 Å². The molecule has 0 aromatic rings. The number of hydrogen-bond donors (Lipinski definition) is 1. The van der Waals surface area contributed by atoms with Gasteiger partial charge in [-0.25, -0.2) is 0 Å². The van der Waals surface area contributed by atoms with Crippen LogP contribution >= 0.6 is 0 Å². The van der Waals surface area contributed by atoms with Crippen LogP contribution in [0.4, 0.5) is 0 Å². The zero-order valence-corrected chi connectivity index (χ0v) is 9.68. The summed E-state index contributed by atoms with van der Waals surface area (Å²) in [5.74, 6) is 0. The highest BCUT2D eigenvalue weighted by molar-refractivity contribution is 4.93. The van der Waals surface area contributed by atoms with Crippen molar-refractivity contribution in [2.75, 3.05) is 26.7 Å². The molecule has 2 heteroatoms. The lowest BCUT2D eigenvalue weighted by atomic mass is 9.82. The van der Waals surface area contributed by atoms with E-state index in [9.17, 15) is 0 Å². The molecule has 0 bridgehead atoms. The van der Waals surface area contributed by atoms with Crippen molar-refractivity contribution in [3.63, 3.8) is 0 Å². The van der Waals surface area contributed by atoms with Gasteiger partial charge in [-0.15, -0.1) is 0 Å². The highest BCUT2D eigenvalue weighted by Crippen LogP contribution is 2.35. The Morgan fingerprint density at radius 1 is 1.43 bits per heavy atom. The third kappa shape index (κ3) is 2.29. The van der Waals surface area contributed by atoms with Crippen molar-refractivity contribution in [3.05, 3.63) is 0 Å². The predicted molar refractivity (Wildman–Crippen MR) is 60.5 cm³/mol. The molecule has 82 valence electrons. The molecule has 2 aliphatic rings. The topological polar surface area (TPSA) is 15.3 Å². The van der Waals surface area contributed by atoms with E-state index in [0.717, 1.165) is 6.04 Å². The first-order chi connectivity index (χ1) is 6.76. The minimum Gasteiger partial charge on any atom is -0.316 e. The molecule has 0 spiro atoms. The van der Waals surface area contributed by atoms with Gasteiger partial charge in [0.15, 0.2) is 0 Å². The Bertz CT molecular complexity index is 181. The fourth-order valence-corrected chi connectivity index (χ4v) is 2.93. The Morgan fingerprint density at radius 3 is 2.71 bits per heavy atom. The summed E-state index contributed by atoms with van der Waals surface area (Å²) < 4.78 is 0. The molecule has 2 rings (SSSR count). The van der Waals surface area contributed by atoms with Gasteiger partial charge in [0.25, 0.3) is 0 Å².